The van der Waals surface area contributed by atoms with Crippen molar-refractivity contribution in [3.8, 4) is 0 Å². The molecule has 4 nitrogen and oxygen atoms in total. The van der Waals surface area contributed by atoms with Crippen LogP contribution in [0.25, 0.3) is 0 Å². The van der Waals surface area contributed by atoms with Gasteiger partial charge in [0.2, 0.25) is 5.91 Å². The predicted octanol–water partition coefficient (Wildman–Crippen LogP) is 1.83. The summed E-state index contributed by atoms with van der Waals surface area (Å²) in [5, 5.41) is 2.90. The van der Waals surface area contributed by atoms with Gasteiger partial charge in [-0.2, -0.15) is 11.8 Å². The highest BCUT2D eigenvalue weighted by Gasteiger charge is 2.14. The molecule has 0 aliphatic carbocycles. The van der Waals surface area contributed by atoms with Crippen LogP contribution in [-0.4, -0.2) is 49.9 Å². The molecule has 1 aliphatic rings. The maximum Gasteiger partial charge on any atom is 0.229 e. The van der Waals surface area contributed by atoms with Gasteiger partial charge in [-0.05, 0) is 31.4 Å². The van der Waals surface area contributed by atoms with E-state index in [4.69, 9.17) is 9.47 Å². The monoisotopic (exact) mass is 275 g/mol. The maximum absolute atomic E-state index is 11.4. The number of carbonyl (C=O) groups is 1. The fraction of sp³-hybridized carbons (Fsp3) is 0.923. The lowest BCUT2D eigenvalue weighted by molar-refractivity contribution is -0.118. The number of nitrogens with one attached hydrogen (secondary N) is 1. The Labute approximate surface area is 114 Å². The number of ether oxygens (including phenoxy) is 2. The van der Waals surface area contributed by atoms with Crippen LogP contribution in [0.2, 0.25) is 0 Å². The van der Waals surface area contributed by atoms with Crippen LogP contribution in [0.3, 0.4) is 0 Å². The number of carbonyl (C=O) groups excluding carboxylic acids is 1. The van der Waals surface area contributed by atoms with Crippen molar-refractivity contribution in [1.29, 1.82) is 0 Å². The minimum atomic E-state index is 0.132. The highest BCUT2D eigenvalue weighted by atomic mass is 32.2. The molecule has 1 heterocycles. The highest BCUT2D eigenvalue weighted by molar-refractivity contribution is 7.99. The molecule has 0 saturated carbocycles. The number of hydrogen-bond donors (Lipinski definition) is 1. The van der Waals surface area contributed by atoms with Crippen molar-refractivity contribution in [3.05, 3.63) is 0 Å². The Kier molecular flexibility index (Phi) is 9.34. The molecule has 1 saturated heterocycles. The van der Waals surface area contributed by atoms with E-state index < -0.39 is 0 Å². The predicted molar refractivity (Wildman–Crippen MR) is 75.0 cm³/mol. The molecule has 1 atom stereocenters. The number of hydrogen-bond acceptors (Lipinski definition) is 4. The van der Waals surface area contributed by atoms with Crippen molar-refractivity contribution in [2.24, 2.45) is 0 Å². The van der Waals surface area contributed by atoms with E-state index in [9.17, 15) is 4.79 Å². The highest BCUT2D eigenvalue weighted by Crippen LogP contribution is 2.11. The Bertz CT molecular complexity index is 220. The SMILES string of the molecule is CCCSCC(=O)NCCCOCC1CCCO1. The summed E-state index contributed by atoms with van der Waals surface area (Å²) < 4.78 is 11.0. The summed E-state index contributed by atoms with van der Waals surface area (Å²) in [4.78, 5) is 11.4. The first-order valence-electron chi connectivity index (χ1n) is 6.86. The van der Waals surface area contributed by atoms with E-state index in [1.807, 2.05) is 0 Å². The van der Waals surface area contributed by atoms with Crippen LogP contribution in [0.15, 0.2) is 0 Å². The lowest BCUT2D eigenvalue weighted by atomic mass is 10.2. The van der Waals surface area contributed by atoms with Gasteiger partial charge in [0.1, 0.15) is 0 Å². The molecule has 1 amide bonds. The molecule has 0 aromatic heterocycles. The first-order valence-corrected chi connectivity index (χ1v) is 8.02. The Morgan fingerprint density at radius 3 is 3.17 bits per heavy atom. The van der Waals surface area contributed by atoms with Gasteiger partial charge in [0.05, 0.1) is 18.5 Å². The third kappa shape index (κ3) is 7.95. The molecular formula is C13H25NO3S. The number of rotatable bonds is 10. The maximum atomic E-state index is 11.4. The first kappa shape index (κ1) is 15.8. The zero-order valence-corrected chi connectivity index (χ0v) is 12.1. The molecule has 0 aromatic rings. The van der Waals surface area contributed by atoms with E-state index in [0.29, 0.717) is 31.6 Å². The topological polar surface area (TPSA) is 47.6 Å². The van der Waals surface area contributed by atoms with Crippen LogP contribution >= 0.6 is 11.8 Å². The largest absolute Gasteiger partial charge is 0.379 e. The summed E-state index contributed by atoms with van der Waals surface area (Å²) in [6.07, 6.45) is 4.56. The lowest BCUT2D eigenvalue weighted by Crippen LogP contribution is -2.27. The zero-order valence-electron chi connectivity index (χ0n) is 11.3. The third-order valence-electron chi connectivity index (χ3n) is 2.70. The average molecular weight is 275 g/mol. The summed E-state index contributed by atoms with van der Waals surface area (Å²) in [5.74, 6) is 1.76. The third-order valence-corrected chi connectivity index (χ3v) is 3.86. The fourth-order valence-corrected chi connectivity index (χ4v) is 2.47. The van der Waals surface area contributed by atoms with Crippen molar-refractivity contribution in [3.63, 3.8) is 0 Å². The van der Waals surface area contributed by atoms with Crippen LogP contribution in [0.4, 0.5) is 0 Å². The number of amides is 1. The standard InChI is InChI=1S/C13H25NO3S/c1-2-9-18-11-13(15)14-6-4-7-16-10-12-5-3-8-17-12/h12H,2-11H2,1H3,(H,14,15). The molecule has 106 valence electrons. The van der Waals surface area contributed by atoms with Gasteiger partial charge in [-0.1, -0.05) is 6.92 Å². The molecule has 1 unspecified atom stereocenters. The van der Waals surface area contributed by atoms with Gasteiger partial charge >= 0.3 is 0 Å². The van der Waals surface area contributed by atoms with Crippen LogP contribution in [0, 0.1) is 0 Å². The van der Waals surface area contributed by atoms with Crippen molar-refractivity contribution in [1.82, 2.24) is 5.32 Å². The second-order valence-corrected chi connectivity index (χ2v) is 5.57. The van der Waals surface area contributed by atoms with E-state index in [-0.39, 0.29) is 5.91 Å². The van der Waals surface area contributed by atoms with E-state index in [1.54, 1.807) is 11.8 Å². The van der Waals surface area contributed by atoms with Gasteiger partial charge in [0.15, 0.2) is 0 Å². The zero-order chi connectivity index (χ0) is 13.1. The molecule has 18 heavy (non-hydrogen) atoms. The summed E-state index contributed by atoms with van der Waals surface area (Å²) in [6.45, 7) is 5.09. The first-order chi connectivity index (χ1) is 8.83. The second kappa shape index (κ2) is 10.6. The quantitative estimate of drug-likeness (QED) is 0.618. The Balaban J connectivity index is 1.81. The summed E-state index contributed by atoms with van der Waals surface area (Å²) >= 11 is 1.69. The molecule has 1 rings (SSSR count). The molecule has 1 fully saturated rings. The summed E-state index contributed by atoms with van der Waals surface area (Å²) in [5.41, 5.74) is 0. The molecule has 0 aromatic carbocycles. The van der Waals surface area contributed by atoms with E-state index >= 15 is 0 Å². The minimum Gasteiger partial charge on any atom is -0.379 e. The van der Waals surface area contributed by atoms with Gasteiger partial charge in [-0.25, -0.2) is 0 Å². The van der Waals surface area contributed by atoms with Crippen molar-refractivity contribution >= 4 is 17.7 Å². The molecule has 1 N–H and O–H groups in total. The lowest BCUT2D eigenvalue weighted by Gasteiger charge is -2.10. The molecule has 0 radical (unpaired) electrons. The van der Waals surface area contributed by atoms with E-state index in [2.05, 4.69) is 12.2 Å². The van der Waals surface area contributed by atoms with Gasteiger partial charge in [0.25, 0.3) is 0 Å². The molecule has 5 heteroatoms. The van der Waals surface area contributed by atoms with Crippen molar-refractivity contribution < 1.29 is 14.3 Å². The van der Waals surface area contributed by atoms with Gasteiger partial charge < -0.3 is 14.8 Å². The Hall–Kier alpha value is -0.260. The van der Waals surface area contributed by atoms with Gasteiger partial charge in [0, 0.05) is 19.8 Å². The van der Waals surface area contributed by atoms with Crippen LogP contribution in [0.5, 0.6) is 0 Å². The van der Waals surface area contributed by atoms with Gasteiger partial charge in [-0.3, -0.25) is 4.79 Å². The van der Waals surface area contributed by atoms with Crippen LogP contribution in [-0.2, 0) is 14.3 Å². The molecule has 0 bridgehead atoms. The Morgan fingerprint density at radius 1 is 1.56 bits per heavy atom. The molecule has 0 spiro atoms. The minimum absolute atomic E-state index is 0.132. The summed E-state index contributed by atoms with van der Waals surface area (Å²) in [7, 11) is 0. The normalized spacial score (nSPS) is 19.1. The van der Waals surface area contributed by atoms with Gasteiger partial charge in [-0.15, -0.1) is 0 Å². The second-order valence-electron chi connectivity index (χ2n) is 4.47. The fourth-order valence-electron chi connectivity index (χ4n) is 1.75. The van der Waals surface area contributed by atoms with E-state index in [0.717, 1.165) is 38.0 Å². The number of thioether (sulfide) groups is 1. The smallest absolute Gasteiger partial charge is 0.229 e. The van der Waals surface area contributed by atoms with Crippen LogP contribution < -0.4 is 5.32 Å². The van der Waals surface area contributed by atoms with Crippen molar-refractivity contribution in [2.45, 2.75) is 38.7 Å². The molecular weight excluding hydrogens is 250 g/mol. The van der Waals surface area contributed by atoms with Crippen molar-refractivity contribution in [2.75, 3.05) is 37.9 Å². The molecule has 1 aliphatic heterocycles. The summed E-state index contributed by atoms with van der Waals surface area (Å²) in [6, 6.07) is 0. The van der Waals surface area contributed by atoms with E-state index in [1.165, 1.54) is 0 Å². The Morgan fingerprint density at radius 2 is 2.44 bits per heavy atom. The average Bonchev–Trinajstić information content (AvgIpc) is 2.87. The van der Waals surface area contributed by atoms with Crippen LogP contribution in [0.1, 0.15) is 32.6 Å².